The van der Waals surface area contributed by atoms with Gasteiger partial charge >= 0.3 is 320 Å². The van der Waals surface area contributed by atoms with Crippen LogP contribution in [0, 0.1) is 68.5 Å². The third-order valence-electron chi connectivity index (χ3n) is 8.01. The van der Waals surface area contributed by atoms with E-state index in [4.69, 9.17) is 0 Å². The number of aryl methyl sites for hydroxylation is 6. The van der Waals surface area contributed by atoms with Gasteiger partial charge in [0.2, 0.25) is 0 Å². The number of aromatic nitrogens is 8. The van der Waals surface area contributed by atoms with Crippen LogP contribution in [0.15, 0.2) is 49.1 Å². The molecule has 0 spiro atoms. The normalized spacial score (nSPS) is 11.3. The van der Waals surface area contributed by atoms with Gasteiger partial charge in [-0.2, -0.15) is 0 Å². The Kier molecular flexibility index (Phi) is 13.9. The topological polar surface area (TPSA) is 73.7 Å². The van der Waals surface area contributed by atoms with Gasteiger partial charge in [0.25, 0.3) is 0 Å². The molecule has 284 valence electrons. The fourth-order valence-electron chi connectivity index (χ4n) is 5.36. The Morgan fingerprint density at radius 2 is 0.981 bits per heavy atom. The van der Waals surface area contributed by atoms with Crippen molar-refractivity contribution in [3.63, 3.8) is 0 Å². The van der Waals surface area contributed by atoms with Crippen molar-refractivity contribution in [1.82, 2.24) is 38.7 Å². The molecule has 0 aliphatic heterocycles. The van der Waals surface area contributed by atoms with Crippen LogP contribution in [0.2, 0.25) is 0 Å². The standard InChI is InChI=1S/2C18H17F3N4.2Pt/c2*1-13-9-14(23-22-13)5-3-2-4-6-24-7-8-25(12-24)15-10-16(19)18(21)17(20)11-15;;/h2*7-10H,2-6H2,1H3;;/q2*-2;;. The van der Waals surface area contributed by atoms with Gasteiger partial charge in [0, 0.05) is 0 Å². The zero-order valence-corrected chi connectivity index (χ0v) is 32.7. The monoisotopic (exact) mass is 1080 g/mol. The first-order chi connectivity index (χ1) is 24.9. The molecule has 0 saturated heterocycles. The number of nitrogens with zero attached hydrogens (tertiary/aromatic N) is 8. The van der Waals surface area contributed by atoms with Gasteiger partial charge in [0.1, 0.15) is 0 Å². The van der Waals surface area contributed by atoms with Gasteiger partial charge in [0.15, 0.2) is 0 Å². The van der Waals surface area contributed by atoms with Gasteiger partial charge in [-0.15, -0.1) is 0 Å². The molecule has 6 rings (SSSR count). The van der Waals surface area contributed by atoms with Crippen molar-refractivity contribution in [2.45, 2.75) is 78.3 Å². The second-order valence-electron chi connectivity index (χ2n) is 12.0. The molecule has 0 bridgehead atoms. The first-order valence-electron chi connectivity index (χ1n) is 16.4. The van der Waals surface area contributed by atoms with Crippen molar-refractivity contribution >= 4 is 0 Å². The van der Waals surface area contributed by atoms with Crippen LogP contribution < -0.4 is 10.2 Å². The van der Waals surface area contributed by atoms with E-state index in [2.05, 4.69) is 71.2 Å². The molecule has 2 aromatic carbocycles. The summed E-state index contributed by atoms with van der Waals surface area (Å²) < 4.78 is 88.5. The predicted octanol–water partition coefficient (Wildman–Crippen LogP) is 7.30. The Hall–Kier alpha value is -3.76. The minimum atomic E-state index is -1.51. The van der Waals surface area contributed by atoms with Crippen molar-refractivity contribution in [3.8, 4) is 11.4 Å². The average molecular weight is 1080 g/mol. The zero-order chi connectivity index (χ0) is 37.4. The van der Waals surface area contributed by atoms with Crippen LogP contribution in [0.3, 0.4) is 0 Å². The van der Waals surface area contributed by atoms with Gasteiger partial charge < -0.3 is 0 Å². The summed E-state index contributed by atoms with van der Waals surface area (Å²) in [5.41, 5.74) is 4.19. The molecule has 4 aromatic heterocycles. The molecule has 0 saturated carbocycles. The number of halogens is 6. The number of unbranched alkanes of at least 4 members (excludes halogenated alkanes) is 4. The Morgan fingerprint density at radius 1 is 0.577 bits per heavy atom. The summed E-state index contributed by atoms with van der Waals surface area (Å²) in [4.78, 5) is 0. The molecule has 8 nitrogen and oxygen atoms in total. The third-order valence-corrected chi connectivity index (χ3v) is 10.4. The molecule has 0 aliphatic rings. The second kappa shape index (κ2) is 18.3. The summed E-state index contributed by atoms with van der Waals surface area (Å²) in [5.74, 6) is -8.09. The maximum absolute atomic E-state index is 13.4. The number of benzene rings is 2. The van der Waals surface area contributed by atoms with Crippen molar-refractivity contribution in [2.75, 3.05) is 0 Å². The zero-order valence-electron chi connectivity index (χ0n) is 28.2. The number of rotatable bonds is 14. The van der Waals surface area contributed by atoms with Gasteiger partial charge in [0.05, 0.1) is 0 Å². The summed E-state index contributed by atoms with van der Waals surface area (Å²) >= 11 is 4.15. The summed E-state index contributed by atoms with van der Waals surface area (Å²) in [7, 11) is 0. The Balaban J connectivity index is 0.000000201. The molecule has 16 heteroatoms. The predicted molar refractivity (Wildman–Crippen MR) is 171 cm³/mol. The van der Waals surface area contributed by atoms with E-state index in [0.29, 0.717) is 0 Å². The maximum atomic E-state index is 13.4. The van der Waals surface area contributed by atoms with E-state index in [0.717, 1.165) is 107 Å². The Morgan fingerprint density at radius 3 is 1.33 bits per heavy atom. The van der Waals surface area contributed by atoms with Crippen molar-refractivity contribution in [3.05, 3.63) is 126 Å². The van der Waals surface area contributed by atoms with E-state index >= 15 is 0 Å². The van der Waals surface area contributed by atoms with Crippen molar-refractivity contribution in [1.29, 1.82) is 0 Å². The number of imidazole rings is 2. The fraction of sp³-hybridized carbons (Fsp3) is 0.333. The Bertz CT molecular complexity index is 2020. The second-order valence-corrected chi connectivity index (χ2v) is 14.1. The summed E-state index contributed by atoms with van der Waals surface area (Å²) in [5, 5.41) is 16.2. The molecule has 0 fully saturated rings. The Labute approximate surface area is 318 Å². The molecular weight excluding hydrogens is 1050 g/mol. The van der Waals surface area contributed by atoms with Crippen LogP contribution in [0.5, 0.6) is 0 Å². The van der Waals surface area contributed by atoms with Crippen LogP contribution in [0.4, 0.5) is 26.3 Å². The molecular formula is C36H34F6N8Pt2-4. The molecule has 6 aromatic rings. The van der Waals surface area contributed by atoms with Gasteiger partial charge in [-0.1, -0.05) is 0 Å². The molecule has 0 radical (unpaired) electrons. The van der Waals surface area contributed by atoms with E-state index < -0.39 is 34.9 Å². The van der Waals surface area contributed by atoms with Gasteiger partial charge in [-0.05, 0) is 0 Å². The summed E-state index contributed by atoms with van der Waals surface area (Å²) in [6, 6.07) is 10.3. The van der Waals surface area contributed by atoms with Crippen LogP contribution in [0.25, 0.3) is 11.4 Å². The van der Waals surface area contributed by atoms with Gasteiger partial charge in [-0.3, -0.25) is 0 Å². The summed E-state index contributed by atoms with van der Waals surface area (Å²) in [6.07, 6.45) is 14.9. The SMILES string of the molecule is Cc1cc(CCCCCn2ccn(-c3[c-]c(F)c(F)c(F)c3)[c]2=[Pt])n[n-]1.Cc1cc(CCCCCn2ccn(-c3[c-]c(F)c(F)c(F)c3)[c]2=[Pt])n[n-]1. The molecule has 0 aliphatic carbocycles. The van der Waals surface area contributed by atoms with Crippen molar-refractivity contribution < 1.29 is 65.0 Å². The minimum absolute atomic E-state index is 0.135. The molecule has 0 N–H and O–H groups in total. The number of hydrogen-bond acceptors (Lipinski definition) is 2. The molecule has 4 heterocycles. The van der Waals surface area contributed by atoms with E-state index in [1.54, 1.807) is 21.5 Å². The first-order valence-corrected chi connectivity index (χ1v) is 18.7. The van der Waals surface area contributed by atoms with E-state index in [1.807, 2.05) is 47.5 Å². The quantitative estimate of drug-likeness (QED) is 0.0498. The van der Waals surface area contributed by atoms with Gasteiger partial charge in [-0.25, -0.2) is 0 Å². The molecule has 0 atom stereocenters. The average Bonchev–Trinajstić information content (AvgIpc) is 3.90. The van der Waals surface area contributed by atoms with Crippen LogP contribution in [-0.4, -0.2) is 28.5 Å². The van der Waals surface area contributed by atoms with Crippen LogP contribution in [0.1, 0.15) is 61.3 Å². The first kappa shape index (κ1) is 39.4. The molecule has 52 heavy (non-hydrogen) atoms. The fourth-order valence-corrected chi connectivity index (χ4v) is 7.10. The van der Waals surface area contributed by atoms with Crippen LogP contribution >= 0.6 is 0 Å². The molecule has 0 amide bonds. The third kappa shape index (κ3) is 10.2. The summed E-state index contributed by atoms with van der Waals surface area (Å²) in [6.45, 7) is 5.42. The van der Waals surface area contributed by atoms with E-state index in [-0.39, 0.29) is 11.4 Å². The van der Waals surface area contributed by atoms with Crippen LogP contribution in [-0.2, 0) is 64.6 Å². The number of hydrogen-bond donors (Lipinski definition) is 0. The van der Waals surface area contributed by atoms with E-state index in [1.165, 1.54) is 0 Å². The van der Waals surface area contributed by atoms with E-state index in [9.17, 15) is 26.3 Å². The van der Waals surface area contributed by atoms with Crippen molar-refractivity contribution in [2.24, 2.45) is 0 Å². The molecule has 0 unspecified atom stereocenters.